The highest BCUT2D eigenvalue weighted by Gasteiger charge is 2.74. The van der Waals surface area contributed by atoms with Crippen molar-refractivity contribution < 1.29 is 24.2 Å². The van der Waals surface area contributed by atoms with E-state index >= 15 is 0 Å². The molecule has 0 saturated carbocycles. The molecule has 9 heteroatoms. The molecule has 4 aliphatic heterocycles. The molecule has 2 aromatic carbocycles. The maximum atomic E-state index is 14.5. The van der Waals surface area contributed by atoms with Crippen LogP contribution < -0.4 is 4.90 Å². The molecule has 0 radical (unpaired) electrons. The van der Waals surface area contributed by atoms with Gasteiger partial charge in [0.1, 0.15) is 12.6 Å². The third-order valence-corrected chi connectivity index (χ3v) is 10.1. The standard InChI is InChI=1S/C29H27ClN2O5S/c1-28-13-6-16-37-27(36)23(28)22-25(34)32(21(17-33)18-7-3-2-4-8-18)24-26(35)31(15-5-14-29(22,24)38-28)20-11-9-19(30)10-12-20/h2-14,21-24,33H,15-17H2,1H3/t21-,22+,23-,24?,28+,29+/m1/s1. The van der Waals surface area contributed by atoms with E-state index in [1.807, 2.05) is 61.6 Å². The van der Waals surface area contributed by atoms with Gasteiger partial charge in [-0.1, -0.05) is 60.2 Å². The predicted octanol–water partition coefficient (Wildman–Crippen LogP) is 3.78. The van der Waals surface area contributed by atoms with Crippen molar-refractivity contribution in [1.82, 2.24) is 4.90 Å². The average molecular weight is 551 g/mol. The van der Waals surface area contributed by atoms with Gasteiger partial charge in [0.25, 0.3) is 5.91 Å². The number of hydrogen-bond acceptors (Lipinski definition) is 6. The van der Waals surface area contributed by atoms with Crippen molar-refractivity contribution in [3.05, 3.63) is 89.5 Å². The summed E-state index contributed by atoms with van der Waals surface area (Å²) in [6.45, 7) is 2.01. The smallest absolute Gasteiger partial charge is 0.311 e. The monoisotopic (exact) mass is 550 g/mol. The van der Waals surface area contributed by atoms with E-state index in [1.54, 1.807) is 29.2 Å². The lowest BCUT2D eigenvalue weighted by Gasteiger charge is -2.39. The summed E-state index contributed by atoms with van der Waals surface area (Å²) in [5.74, 6) is -2.66. The summed E-state index contributed by atoms with van der Waals surface area (Å²) in [6.07, 6.45) is 7.60. The molecule has 0 bridgehead atoms. The van der Waals surface area contributed by atoms with E-state index in [4.69, 9.17) is 16.3 Å². The zero-order valence-corrected chi connectivity index (χ0v) is 22.3. The Morgan fingerprint density at radius 3 is 2.47 bits per heavy atom. The second-order valence-electron chi connectivity index (χ2n) is 10.2. The Kier molecular flexibility index (Phi) is 6.17. The number of likely N-dealkylation sites (tertiary alicyclic amines) is 1. The predicted molar refractivity (Wildman–Crippen MR) is 146 cm³/mol. The van der Waals surface area contributed by atoms with E-state index in [0.29, 0.717) is 22.8 Å². The Balaban J connectivity index is 1.54. The van der Waals surface area contributed by atoms with E-state index in [-0.39, 0.29) is 25.0 Å². The topological polar surface area (TPSA) is 87.1 Å². The Bertz CT molecular complexity index is 1350. The SMILES string of the molecule is C[C@]12C=CCOC(=O)[C@H]1[C@H]1C(=O)N([C@H](CO)c3ccccc3)C3C(=O)N(c4ccc(Cl)cc4)CC=C[C@@]31S2. The lowest BCUT2D eigenvalue weighted by Crippen LogP contribution is -2.54. The number of anilines is 1. The highest BCUT2D eigenvalue weighted by atomic mass is 35.5. The van der Waals surface area contributed by atoms with Crippen LogP contribution in [0.2, 0.25) is 5.02 Å². The first-order valence-electron chi connectivity index (χ1n) is 12.6. The summed E-state index contributed by atoms with van der Waals surface area (Å²) in [6, 6.07) is 14.5. The van der Waals surface area contributed by atoms with Gasteiger partial charge in [-0.3, -0.25) is 14.4 Å². The number of nitrogens with zero attached hydrogens (tertiary/aromatic N) is 2. The van der Waals surface area contributed by atoms with Crippen molar-refractivity contribution in [2.24, 2.45) is 11.8 Å². The quantitative estimate of drug-likeness (QED) is 0.460. The van der Waals surface area contributed by atoms with Gasteiger partial charge < -0.3 is 19.6 Å². The van der Waals surface area contributed by atoms with Gasteiger partial charge in [-0.2, -0.15) is 0 Å². The number of hydrogen-bond donors (Lipinski definition) is 1. The largest absolute Gasteiger partial charge is 0.461 e. The molecular formula is C29H27ClN2O5S. The van der Waals surface area contributed by atoms with Crippen LogP contribution in [0.1, 0.15) is 18.5 Å². The van der Waals surface area contributed by atoms with E-state index < -0.39 is 39.4 Å². The Hall–Kier alpha value is -3.07. The number of esters is 1. The molecular weight excluding hydrogens is 524 g/mol. The molecule has 6 rings (SSSR count). The third kappa shape index (κ3) is 3.65. The molecule has 196 valence electrons. The molecule has 6 atom stereocenters. The summed E-state index contributed by atoms with van der Waals surface area (Å²) in [4.78, 5) is 45.5. The van der Waals surface area contributed by atoms with Crippen molar-refractivity contribution in [3.63, 3.8) is 0 Å². The Morgan fingerprint density at radius 1 is 1.03 bits per heavy atom. The number of amides is 2. The van der Waals surface area contributed by atoms with Crippen LogP contribution in [0.25, 0.3) is 0 Å². The second-order valence-corrected chi connectivity index (χ2v) is 12.4. The first kappa shape index (κ1) is 25.2. The van der Waals surface area contributed by atoms with E-state index in [1.165, 1.54) is 16.7 Å². The number of fused-ring (bicyclic) bond motifs is 2. The minimum atomic E-state index is -1.03. The fourth-order valence-corrected chi connectivity index (χ4v) is 8.78. The van der Waals surface area contributed by atoms with Crippen LogP contribution >= 0.6 is 23.4 Å². The first-order valence-corrected chi connectivity index (χ1v) is 13.8. The zero-order chi connectivity index (χ0) is 26.7. The van der Waals surface area contributed by atoms with E-state index in [0.717, 1.165) is 0 Å². The number of aliphatic hydroxyl groups excluding tert-OH is 1. The Labute approximate surface area is 230 Å². The molecule has 38 heavy (non-hydrogen) atoms. The molecule has 7 nitrogen and oxygen atoms in total. The number of rotatable bonds is 4. The highest BCUT2D eigenvalue weighted by molar-refractivity contribution is 8.02. The van der Waals surface area contributed by atoms with Gasteiger partial charge in [-0.25, -0.2) is 0 Å². The van der Waals surface area contributed by atoms with Crippen LogP contribution in [0.4, 0.5) is 5.69 Å². The van der Waals surface area contributed by atoms with Gasteiger partial charge in [0, 0.05) is 22.0 Å². The van der Waals surface area contributed by atoms with Crippen molar-refractivity contribution in [2.75, 3.05) is 24.7 Å². The van der Waals surface area contributed by atoms with Gasteiger partial charge in [0.15, 0.2) is 0 Å². The number of benzene rings is 2. The molecule has 4 heterocycles. The fraction of sp³-hybridized carbons (Fsp3) is 0.345. The van der Waals surface area contributed by atoms with Crippen molar-refractivity contribution in [3.8, 4) is 0 Å². The zero-order valence-electron chi connectivity index (χ0n) is 20.7. The Morgan fingerprint density at radius 2 is 1.76 bits per heavy atom. The maximum Gasteiger partial charge on any atom is 0.311 e. The average Bonchev–Trinajstić information content (AvgIpc) is 3.17. The molecule has 0 aliphatic carbocycles. The summed E-state index contributed by atoms with van der Waals surface area (Å²) in [5.41, 5.74) is 1.37. The first-order chi connectivity index (χ1) is 18.3. The molecule has 2 saturated heterocycles. The van der Waals surface area contributed by atoms with Gasteiger partial charge in [-0.15, -0.1) is 11.8 Å². The van der Waals surface area contributed by atoms with Gasteiger partial charge in [-0.05, 0) is 42.8 Å². The minimum Gasteiger partial charge on any atom is -0.461 e. The normalized spacial score (nSPS) is 32.8. The fourth-order valence-electron chi connectivity index (χ4n) is 6.51. The van der Waals surface area contributed by atoms with Gasteiger partial charge in [0.2, 0.25) is 5.91 Å². The molecule has 1 spiro atoms. The number of halogens is 1. The number of ether oxygens (including phenoxy) is 1. The number of aliphatic hydroxyl groups is 1. The summed E-state index contributed by atoms with van der Waals surface area (Å²) >= 11 is 7.59. The third-order valence-electron chi connectivity index (χ3n) is 8.08. The molecule has 2 aromatic rings. The van der Waals surface area contributed by atoms with Crippen molar-refractivity contribution in [1.29, 1.82) is 0 Å². The minimum absolute atomic E-state index is 0.148. The number of thioether (sulfide) groups is 1. The number of carbonyl (C=O) groups is 3. The van der Waals surface area contributed by atoms with Crippen LogP contribution in [0.5, 0.6) is 0 Å². The summed E-state index contributed by atoms with van der Waals surface area (Å²) in [5, 5.41) is 11.1. The van der Waals surface area contributed by atoms with E-state index in [9.17, 15) is 19.5 Å². The van der Waals surface area contributed by atoms with Crippen molar-refractivity contribution in [2.45, 2.75) is 28.5 Å². The number of cyclic esters (lactones) is 1. The molecule has 1 N–H and O–H groups in total. The van der Waals surface area contributed by atoms with Crippen LogP contribution in [-0.2, 0) is 19.1 Å². The maximum absolute atomic E-state index is 14.5. The van der Waals surface area contributed by atoms with Crippen LogP contribution in [0.3, 0.4) is 0 Å². The lowest BCUT2D eigenvalue weighted by molar-refractivity contribution is -0.153. The van der Waals surface area contributed by atoms with Crippen LogP contribution in [-0.4, -0.2) is 63.1 Å². The second kappa shape index (κ2) is 9.29. The van der Waals surface area contributed by atoms with Crippen molar-refractivity contribution >= 4 is 46.8 Å². The number of carbonyl (C=O) groups excluding carboxylic acids is 3. The molecule has 4 aliphatic rings. The molecule has 2 fully saturated rings. The lowest BCUT2D eigenvalue weighted by atomic mass is 9.75. The molecule has 2 amide bonds. The van der Waals surface area contributed by atoms with Crippen LogP contribution in [0.15, 0.2) is 78.9 Å². The highest BCUT2D eigenvalue weighted by Crippen LogP contribution is 2.66. The molecule has 1 unspecified atom stereocenters. The van der Waals surface area contributed by atoms with Gasteiger partial charge in [0.05, 0.1) is 29.2 Å². The van der Waals surface area contributed by atoms with Crippen LogP contribution in [0, 0.1) is 11.8 Å². The molecule has 0 aromatic heterocycles. The summed E-state index contributed by atoms with van der Waals surface area (Å²) in [7, 11) is 0. The van der Waals surface area contributed by atoms with Gasteiger partial charge >= 0.3 is 5.97 Å². The van der Waals surface area contributed by atoms with E-state index in [2.05, 4.69) is 0 Å². The summed E-state index contributed by atoms with van der Waals surface area (Å²) < 4.78 is 3.72.